The van der Waals surface area contributed by atoms with Crippen molar-refractivity contribution in [1.29, 1.82) is 0 Å². The number of ether oxygens (including phenoxy) is 1. The standard InChI is InChI=1S/C41H52FN11O4/c1-25(2)53-34-19-37(46-36-7-12-43-41(47-36)51-15-10-30(57-4)11-16-51)45-21-31(34)39(48-53)50-13-8-28(9-14-50)49(3)22-26-17-27-23-52(40(56)38(27)32(42)18-26)29-5-6-33(44-20-29)35(55)24-54/h7,12,17-19,21,24-25,28-30,33,44H,5-6,8-11,13-16,20,22-23H2,1-4H3,(H,43,45,46,47). The Hall–Kier alpha value is -5.06. The van der Waals surface area contributed by atoms with E-state index in [9.17, 15) is 14.4 Å². The number of methoxy groups -OCH3 is 1. The highest BCUT2D eigenvalue weighted by molar-refractivity contribution is 6.27. The van der Waals surface area contributed by atoms with Crippen LogP contribution in [0.1, 0.15) is 79.9 Å². The summed E-state index contributed by atoms with van der Waals surface area (Å²) < 4.78 is 23.1. The fraction of sp³-hybridized carbons (Fsp3) is 0.537. The Morgan fingerprint density at radius 1 is 1.05 bits per heavy atom. The van der Waals surface area contributed by atoms with Gasteiger partial charge in [0.25, 0.3) is 5.91 Å². The van der Waals surface area contributed by atoms with E-state index in [4.69, 9.17) is 19.8 Å². The van der Waals surface area contributed by atoms with Gasteiger partial charge in [-0.05, 0) is 82.7 Å². The lowest BCUT2D eigenvalue weighted by Gasteiger charge is -2.37. The molecule has 16 heteroatoms. The normalized spacial score (nSPS) is 20.9. The van der Waals surface area contributed by atoms with Crippen LogP contribution in [0.3, 0.4) is 0 Å². The minimum Gasteiger partial charge on any atom is -0.381 e. The smallest absolute Gasteiger partial charge is 0.257 e. The van der Waals surface area contributed by atoms with Crippen molar-refractivity contribution in [2.45, 2.75) is 95.7 Å². The van der Waals surface area contributed by atoms with E-state index in [1.165, 1.54) is 6.07 Å². The number of hydrogen-bond donors (Lipinski definition) is 2. The van der Waals surface area contributed by atoms with Gasteiger partial charge in [-0.1, -0.05) is 6.07 Å². The summed E-state index contributed by atoms with van der Waals surface area (Å²) in [4.78, 5) is 58.7. The maximum Gasteiger partial charge on any atom is 0.257 e. The van der Waals surface area contributed by atoms with Crippen LogP contribution in [0.2, 0.25) is 0 Å². The number of aromatic nitrogens is 5. The third-order valence-corrected chi connectivity index (χ3v) is 12.2. The maximum atomic E-state index is 15.5. The molecular formula is C41H52FN11O4. The highest BCUT2D eigenvalue weighted by Crippen LogP contribution is 2.34. The van der Waals surface area contributed by atoms with Crippen molar-refractivity contribution in [2.24, 2.45) is 0 Å². The summed E-state index contributed by atoms with van der Waals surface area (Å²) in [5.74, 6) is 1.71. The Kier molecular flexibility index (Phi) is 11.2. The van der Waals surface area contributed by atoms with Gasteiger partial charge in [-0.3, -0.25) is 24.0 Å². The number of hydrogen-bond acceptors (Lipinski definition) is 13. The van der Waals surface area contributed by atoms with Crippen molar-refractivity contribution in [1.82, 2.24) is 39.8 Å². The number of benzene rings is 1. The van der Waals surface area contributed by atoms with Crippen LogP contribution < -0.4 is 20.4 Å². The molecule has 0 radical (unpaired) electrons. The van der Waals surface area contributed by atoms with Gasteiger partial charge >= 0.3 is 0 Å². The zero-order chi connectivity index (χ0) is 39.8. The third kappa shape index (κ3) is 7.94. The molecule has 7 heterocycles. The van der Waals surface area contributed by atoms with Gasteiger partial charge in [0.2, 0.25) is 11.7 Å². The largest absolute Gasteiger partial charge is 0.381 e. The van der Waals surface area contributed by atoms with Crippen LogP contribution in [0.5, 0.6) is 0 Å². The second kappa shape index (κ2) is 16.4. The molecule has 1 amide bonds. The number of ketones is 1. The predicted octanol–water partition coefficient (Wildman–Crippen LogP) is 4.25. The number of nitrogens with one attached hydrogen (secondary N) is 2. The minimum absolute atomic E-state index is 0.140. The minimum atomic E-state index is -0.518. The summed E-state index contributed by atoms with van der Waals surface area (Å²) >= 11 is 0. The molecule has 57 heavy (non-hydrogen) atoms. The van der Waals surface area contributed by atoms with Gasteiger partial charge in [0.1, 0.15) is 17.5 Å². The number of halogens is 1. The lowest BCUT2D eigenvalue weighted by molar-refractivity contribution is -0.131. The van der Waals surface area contributed by atoms with Gasteiger partial charge in [0.05, 0.1) is 28.6 Å². The molecule has 4 aliphatic rings. The van der Waals surface area contributed by atoms with Crippen LogP contribution in [-0.2, 0) is 27.4 Å². The van der Waals surface area contributed by atoms with Gasteiger partial charge in [-0.15, -0.1) is 0 Å². The summed E-state index contributed by atoms with van der Waals surface area (Å²) in [6.07, 6.45) is 9.08. The number of nitrogens with zero attached hydrogens (tertiary/aromatic N) is 9. The molecule has 0 aliphatic carbocycles. The zero-order valence-electron chi connectivity index (χ0n) is 33.2. The van der Waals surface area contributed by atoms with E-state index in [1.54, 1.807) is 18.2 Å². The first-order chi connectivity index (χ1) is 27.6. The van der Waals surface area contributed by atoms with Gasteiger partial charge in [0.15, 0.2) is 12.1 Å². The second-order valence-electron chi connectivity index (χ2n) is 16.1. The molecule has 2 unspecified atom stereocenters. The predicted molar refractivity (Wildman–Crippen MR) is 214 cm³/mol. The highest BCUT2D eigenvalue weighted by atomic mass is 19.1. The molecule has 2 atom stereocenters. The van der Waals surface area contributed by atoms with Crippen molar-refractivity contribution >= 4 is 52.3 Å². The fourth-order valence-electron chi connectivity index (χ4n) is 8.95. The van der Waals surface area contributed by atoms with Crippen molar-refractivity contribution in [2.75, 3.05) is 62.0 Å². The third-order valence-electron chi connectivity index (χ3n) is 12.2. The van der Waals surface area contributed by atoms with Gasteiger partial charge < -0.3 is 30.1 Å². The van der Waals surface area contributed by atoms with E-state index >= 15 is 4.39 Å². The Morgan fingerprint density at radius 2 is 1.82 bits per heavy atom. The summed E-state index contributed by atoms with van der Waals surface area (Å²) in [5, 5.41) is 12.6. The number of aldehydes is 1. The van der Waals surface area contributed by atoms with Crippen LogP contribution in [0, 0.1) is 5.82 Å². The number of amides is 1. The first kappa shape index (κ1) is 38.8. The van der Waals surface area contributed by atoms with E-state index in [2.05, 4.69) is 55.9 Å². The first-order valence-electron chi connectivity index (χ1n) is 20.2. The maximum absolute atomic E-state index is 15.5. The number of pyridine rings is 1. The Morgan fingerprint density at radius 3 is 2.53 bits per heavy atom. The topological polar surface area (TPSA) is 154 Å². The van der Waals surface area contributed by atoms with Crippen LogP contribution in [0.4, 0.5) is 27.8 Å². The number of fused-ring (bicyclic) bond motifs is 2. The average molecular weight is 782 g/mol. The van der Waals surface area contributed by atoms with E-state index < -0.39 is 17.6 Å². The monoisotopic (exact) mass is 781 g/mol. The zero-order valence-corrected chi connectivity index (χ0v) is 33.2. The summed E-state index contributed by atoms with van der Waals surface area (Å²) in [7, 11) is 3.85. The molecule has 3 fully saturated rings. The summed E-state index contributed by atoms with van der Waals surface area (Å²) in [6.45, 7) is 8.90. The molecule has 3 saturated heterocycles. The van der Waals surface area contributed by atoms with Crippen molar-refractivity contribution in [3.05, 3.63) is 59.2 Å². The molecule has 0 bridgehead atoms. The molecule has 0 saturated carbocycles. The Bertz CT molecular complexity index is 2120. The Labute approximate surface area is 331 Å². The second-order valence-corrected chi connectivity index (χ2v) is 16.1. The average Bonchev–Trinajstić information content (AvgIpc) is 3.78. The highest BCUT2D eigenvalue weighted by Gasteiger charge is 2.38. The molecule has 4 aromatic rings. The number of carbonyl (C=O) groups excluding carboxylic acids is 3. The van der Waals surface area contributed by atoms with E-state index in [-0.39, 0.29) is 29.7 Å². The van der Waals surface area contributed by atoms with Crippen molar-refractivity contribution in [3.63, 3.8) is 0 Å². The Balaban J connectivity index is 0.894. The molecule has 0 spiro atoms. The van der Waals surface area contributed by atoms with Crippen molar-refractivity contribution in [3.8, 4) is 0 Å². The van der Waals surface area contributed by atoms with Crippen LogP contribution in [-0.4, -0.2) is 124 Å². The molecule has 15 nitrogen and oxygen atoms in total. The van der Waals surface area contributed by atoms with Crippen LogP contribution >= 0.6 is 0 Å². The number of anilines is 4. The van der Waals surface area contributed by atoms with Crippen LogP contribution in [0.15, 0.2) is 36.7 Å². The van der Waals surface area contributed by atoms with Gasteiger partial charge in [0, 0.05) is 89.5 Å². The van der Waals surface area contributed by atoms with E-state index in [1.807, 2.05) is 24.4 Å². The molecule has 8 rings (SSSR count). The van der Waals surface area contributed by atoms with E-state index in [0.29, 0.717) is 68.0 Å². The lowest BCUT2D eigenvalue weighted by Crippen LogP contribution is -2.52. The lowest BCUT2D eigenvalue weighted by atomic mass is 9.97. The number of Topliss-reactive ketones (excluding diaryl/α,β-unsaturated/α-hetero) is 1. The molecular weight excluding hydrogens is 730 g/mol. The molecule has 2 N–H and O–H groups in total. The quantitative estimate of drug-likeness (QED) is 0.156. The van der Waals surface area contributed by atoms with Gasteiger partial charge in [-0.25, -0.2) is 14.4 Å². The summed E-state index contributed by atoms with van der Waals surface area (Å²) in [5.41, 5.74) is 2.68. The first-order valence-corrected chi connectivity index (χ1v) is 20.2. The molecule has 302 valence electrons. The number of piperidine rings is 3. The van der Waals surface area contributed by atoms with E-state index in [0.717, 1.165) is 74.1 Å². The molecule has 4 aliphatic heterocycles. The SMILES string of the molecule is COC1CCN(c2nccc(Nc3cc4c(cn3)c(N3CCC(N(C)Cc5cc(F)c6c(c5)CN(C5CCC(C(=O)C=O)NC5)C6=O)CC3)nn4C(C)C)n2)CC1. The van der Waals surface area contributed by atoms with Crippen LogP contribution in [0.25, 0.3) is 10.9 Å². The number of rotatable bonds is 12. The summed E-state index contributed by atoms with van der Waals surface area (Å²) in [6, 6.07) is 7.12. The molecule has 1 aromatic carbocycles. The van der Waals surface area contributed by atoms with Crippen molar-refractivity contribution < 1.29 is 23.5 Å². The molecule has 3 aromatic heterocycles. The fourth-order valence-corrected chi connectivity index (χ4v) is 8.95. The van der Waals surface area contributed by atoms with Gasteiger partial charge in [-0.2, -0.15) is 10.1 Å². The number of carbonyl (C=O) groups is 3.